The standard InChI is InChI=1S/C21H25N3O4/c1-2-10-27-18-5-3-4-17(25)19(18)16-11-14(13-6-8-22-9-7-13)15-12-23-21(26)28-20(15)24-16/h3-5,11,13,22,25H,2,6-10,12H2,1H3,(H,23,26). The number of phenols is 1. The summed E-state index contributed by atoms with van der Waals surface area (Å²) in [5.74, 6) is 1.34. The Bertz CT molecular complexity index is 878. The summed E-state index contributed by atoms with van der Waals surface area (Å²) in [6, 6.07) is 7.21. The third-order valence-electron chi connectivity index (χ3n) is 5.22. The van der Waals surface area contributed by atoms with E-state index in [1.54, 1.807) is 12.1 Å². The lowest BCUT2D eigenvalue weighted by atomic mass is 9.86. The highest BCUT2D eigenvalue weighted by Crippen LogP contribution is 2.42. The summed E-state index contributed by atoms with van der Waals surface area (Å²) in [6.07, 6.45) is 2.36. The van der Waals surface area contributed by atoms with Gasteiger partial charge < -0.3 is 25.2 Å². The number of nitrogens with one attached hydrogen (secondary N) is 2. The first kappa shape index (κ1) is 18.6. The molecular formula is C21H25N3O4. The van der Waals surface area contributed by atoms with E-state index in [2.05, 4.69) is 15.6 Å². The van der Waals surface area contributed by atoms with E-state index in [0.29, 0.717) is 42.0 Å². The number of ether oxygens (including phenoxy) is 2. The molecule has 0 spiro atoms. The Morgan fingerprint density at radius 1 is 1.32 bits per heavy atom. The summed E-state index contributed by atoms with van der Waals surface area (Å²) >= 11 is 0. The first-order chi connectivity index (χ1) is 13.7. The number of phenolic OH excluding ortho intramolecular Hbond substituents is 1. The summed E-state index contributed by atoms with van der Waals surface area (Å²) in [6.45, 7) is 4.88. The maximum atomic E-state index is 11.8. The van der Waals surface area contributed by atoms with Gasteiger partial charge in [0.1, 0.15) is 11.5 Å². The van der Waals surface area contributed by atoms with Gasteiger partial charge in [0.15, 0.2) is 0 Å². The number of benzene rings is 1. The first-order valence-electron chi connectivity index (χ1n) is 9.82. The van der Waals surface area contributed by atoms with Crippen LogP contribution in [0.4, 0.5) is 4.79 Å². The minimum absolute atomic E-state index is 0.0950. The fourth-order valence-corrected chi connectivity index (χ4v) is 3.85. The Morgan fingerprint density at radius 3 is 2.93 bits per heavy atom. The van der Waals surface area contributed by atoms with Crippen molar-refractivity contribution in [1.82, 2.24) is 15.6 Å². The van der Waals surface area contributed by atoms with Crippen molar-refractivity contribution in [3.05, 3.63) is 35.4 Å². The number of aromatic hydroxyl groups is 1. The molecule has 2 aliphatic heterocycles. The van der Waals surface area contributed by atoms with E-state index in [1.165, 1.54) is 0 Å². The van der Waals surface area contributed by atoms with Gasteiger partial charge in [0.2, 0.25) is 5.88 Å². The zero-order chi connectivity index (χ0) is 19.5. The first-order valence-corrected chi connectivity index (χ1v) is 9.82. The zero-order valence-electron chi connectivity index (χ0n) is 16.0. The lowest BCUT2D eigenvalue weighted by Crippen LogP contribution is -2.34. The molecule has 1 fully saturated rings. The van der Waals surface area contributed by atoms with E-state index < -0.39 is 6.09 Å². The molecule has 0 aliphatic carbocycles. The van der Waals surface area contributed by atoms with Crippen molar-refractivity contribution in [3.8, 4) is 28.6 Å². The SMILES string of the molecule is CCCOc1cccc(O)c1-c1cc(C2CCNCC2)c2c(n1)OC(=O)NC2. The number of pyridine rings is 1. The Hall–Kier alpha value is -2.80. The normalized spacial score (nSPS) is 16.8. The molecule has 28 heavy (non-hydrogen) atoms. The summed E-state index contributed by atoms with van der Waals surface area (Å²) in [7, 11) is 0. The summed E-state index contributed by atoms with van der Waals surface area (Å²) in [5, 5.41) is 16.7. The lowest BCUT2D eigenvalue weighted by Gasteiger charge is -2.28. The average molecular weight is 383 g/mol. The second-order valence-corrected chi connectivity index (χ2v) is 7.15. The van der Waals surface area contributed by atoms with E-state index in [0.717, 1.165) is 43.5 Å². The van der Waals surface area contributed by atoms with Gasteiger partial charge in [-0.1, -0.05) is 13.0 Å². The molecule has 1 aromatic carbocycles. The number of nitrogens with zero attached hydrogens (tertiary/aromatic N) is 1. The van der Waals surface area contributed by atoms with Crippen LogP contribution in [-0.2, 0) is 6.54 Å². The van der Waals surface area contributed by atoms with Gasteiger partial charge in [-0.2, -0.15) is 0 Å². The molecular weight excluding hydrogens is 358 g/mol. The van der Waals surface area contributed by atoms with Gasteiger partial charge >= 0.3 is 6.09 Å². The number of carbonyl (C=O) groups is 1. The van der Waals surface area contributed by atoms with Crippen molar-refractivity contribution in [3.63, 3.8) is 0 Å². The molecule has 7 heteroatoms. The summed E-state index contributed by atoms with van der Waals surface area (Å²) in [5.41, 5.74) is 3.13. The summed E-state index contributed by atoms with van der Waals surface area (Å²) < 4.78 is 11.2. The molecule has 2 aliphatic rings. The van der Waals surface area contributed by atoms with Crippen LogP contribution in [0.1, 0.15) is 43.2 Å². The highest BCUT2D eigenvalue weighted by molar-refractivity contribution is 5.77. The number of hydrogen-bond donors (Lipinski definition) is 3. The van der Waals surface area contributed by atoms with Crippen LogP contribution in [0.3, 0.4) is 0 Å². The maximum Gasteiger partial charge on any atom is 0.414 e. The van der Waals surface area contributed by atoms with Gasteiger partial charge in [0.25, 0.3) is 0 Å². The molecule has 1 amide bonds. The summed E-state index contributed by atoms with van der Waals surface area (Å²) in [4.78, 5) is 16.4. The molecule has 7 nitrogen and oxygen atoms in total. The van der Waals surface area contributed by atoms with Crippen molar-refractivity contribution >= 4 is 6.09 Å². The molecule has 148 valence electrons. The van der Waals surface area contributed by atoms with Crippen LogP contribution in [0.15, 0.2) is 24.3 Å². The molecule has 4 rings (SSSR count). The lowest BCUT2D eigenvalue weighted by molar-refractivity contribution is 0.192. The molecule has 0 atom stereocenters. The molecule has 3 N–H and O–H groups in total. The molecule has 1 saturated heterocycles. The zero-order valence-corrected chi connectivity index (χ0v) is 16.0. The largest absolute Gasteiger partial charge is 0.507 e. The molecule has 0 radical (unpaired) electrons. The number of rotatable bonds is 5. The van der Waals surface area contributed by atoms with Gasteiger partial charge in [0, 0.05) is 5.56 Å². The Kier molecular flexibility index (Phi) is 5.34. The van der Waals surface area contributed by atoms with Gasteiger partial charge in [0.05, 0.1) is 24.4 Å². The Labute approximate surface area is 164 Å². The van der Waals surface area contributed by atoms with Gasteiger partial charge in [-0.15, -0.1) is 0 Å². The van der Waals surface area contributed by atoms with Crippen molar-refractivity contribution in [2.24, 2.45) is 0 Å². The van der Waals surface area contributed by atoms with E-state index in [4.69, 9.17) is 9.47 Å². The van der Waals surface area contributed by atoms with Crippen LogP contribution in [0.2, 0.25) is 0 Å². The van der Waals surface area contributed by atoms with Gasteiger partial charge in [-0.25, -0.2) is 9.78 Å². The number of piperidine rings is 1. The Morgan fingerprint density at radius 2 is 2.14 bits per heavy atom. The van der Waals surface area contributed by atoms with Crippen LogP contribution in [0, 0.1) is 0 Å². The van der Waals surface area contributed by atoms with E-state index >= 15 is 0 Å². The molecule has 0 bridgehead atoms. The number of aromatic nitrogens is 1. The average Bonchev–Trinajstić information content (AvgIpc) is 2.72. The van der Waals surface area contributed by atoms with Crippen LogP contribution in [0.25, 0.3) is 11.3 Å². The number of fused-ring (bicyclic) bond motifs is 1. The van der Waals surface area contributed by atoms with Gasteiger partial charge in [-0.05, 0) is 62.0 Å². The molecule has 2 aromatic rings. The fourth-order valence-electron chi connectivity index (χ4n) is 3.85. The third kappa shape index (κ3) is 3.62. The van der Waals surface area contributed by atoms with Crippen LogP contribution >= 0.6 is 0 Å². The number of amides is 1. The molecule has 0 unspecified atom stereocenters. The molecule has 1 aromatic heterocycles. The minimum atomic E-state index is -0.506. The highest BCUT2D eigenvalue weighted by Gasteiger charge is 2.28. The second kappa shape index (κ2) is 8.06. The molecule has 0 saturated carbocycles. The number of carbonyl (C=O) groups excluding carboxylic acids is 1. The maximum absolute atomic E-state index is 11.8. The quantitative estimate of drug-likeness (QED) is 0.734. The van der Waals surface area contributed by atoms with Crippen LogP contribution in [-0.4, -0.2) is 35.9 Å². The molecule has 3 heterocycles. The van der Waals surface area contributed by atoms with E-state index in [-0.39, 0.29) is 5.75 Å². The van der Waals surface area contributed by atoms with Crippen molar-refractivity contribution in [2.45, 2.75) is 38.6 Å². The predicted octanol–water partition coefficient (Wildman–Crippen LogP) is 3.31. The topological polar surface area (TPSA) is 92.7 Å². The monoisotopic (exact) mass is 383 g/mol. The Balaban J connectivity index is 1.84. The second-order valence-electron chi connectivity index (χ2n) is 7.15. The van der Waals surface area contributed by atoms with Crippen molar-refractivity contribution < 1.29 is 19.4 Å². The number of hydrogen-bond acceptors (Lipinski definition) is 6. The predicted molar refractivity (Wildman–Crippen MR) is 105 cm³/mol. The van der Waals surface area contributed by atoms with Gasteiger partial charge in [-0.3, -0.25) is 0 Å². The fraction of sp³-hybridized carbons (Fsp3) is 0.429. The highest BCUT2D eigenvalue weighted by atomic mass is 16.6. The minimum Gasteiger partial charge on any atom is -0.507 e. The van der Waals surface area contributed by atoms with Crippen molar-refractivity contribution in [2.75, 3.05) is 19.7 Å². The van der Waals surface area contributed by atoms with E-state index in [9.17, 15) is 9.90 Å². The van der Waals surface area contributed by atoms with E-state index in [1.807, 2.05) is 19.1 Å². The smallest absolute Gasteiger partial charge is 0.414 e. The third-order valence-corrected chi connectivity index (χ3v) is 5.22. The van der Waals surface area contributed by atoms with Crippen molar-refractivity contribution in [1.29, 1.82) is 0 Å². The van der Waals surface area contributed by atoms with Crippen LogP contribution in [0.5, 0.6) is 17.4 Å². The van der Waals surface area contributed by atoms with Crippen LogP contribution < -0.4 is 20.1 Å².